The number of nitrogens with one attached hydrogen (secondary N) is 1. The lowest BCUT2D eigenvalue weighted by molar-refractivity contribution is 0.0238. The third-order valence-corrected chi connectivity index (χ3v) is 5.62. The zero-order valence-electron chi connectivity index (χ0n) is 23.6. The number of nitrogens with zero attached hydrogens (tertiary/aromatic N) is 4. The van der Waals surface area contributed by atoms with Crippen molar-refractivity contribution in [2.75, 3.05) is 36.1 Å². The lowest BCUT2D eigenvalue weighted by atomic mass is 10.1. The van der Waals surface area contributed by atoms with Crippen LogP contribution < -0.4 is 15.3 Å². The van der Waals surface area contributed by atoms with Gasteiger partial charge in [-0.1, -0.05) is 12.1 Å². The van der Waals surface area contributed by atoms with Crippen molar-refractivity contribution in [2.24, 2.45) is 0 Å². The van der Waals surface area contributed by atoms with Crippen LogP contribution in [0, 0.1) is 0 Å². The maximum Gasteiger partial charge on any atom is 0.427 e. The first-order valence-corrected chi connectivity index (χ1v) is 13.0. The summed E-state index contributed by atoms with van der Waals surface area (Å²) in [6.45, 7) is 12.3. The van der Waals surface area contributed by atoms with E-state index in [1.54, 1.807) is 62.3 Å². The topological polar surface area (TPSA) is 131 Å². The monoisotopic (exact) mass is 553 g/mol. The van der Waals surface area contributed by atoms with Gasteiger partial charge in [-0.15, -0.1) is 0 Å². The molecule has 1 saturated heterocycles. The van der Waals surface area contributed by atoms with Crippen LogP contribution in [0.15, 0.2) is 57.7 Å². The van der Waals surface area contributed by atoms with E-state index in [4.69, 9.17) is 18.3 Å². The quantitative estimate of drug-likeness (QED) is 0.440. The molecule has 0 unspecified atom stereocenters. The molecule has 3 amide bonds. The molecule has 12 heteroatoms. The lowest BCUT2D eigenvalue weighted by Crippen LogP contribution is -2.50. The third kappa shape index (κ3) is 7.33. The Morgan fingerprint density at radius 1 is 0.950 bits per heavy atom. The van der Waals surface area contributed by atoms with Crippen LogP contribution in [0.5, 0.6) is 0 Å². The molecular formula is C28H35N5O7. The Labute approximate surface area is 232 Å². The Bertz CT molecular complexity index is 1330. The molecule has 3 aromatic rings. The molecule has 1 fully saturated rings. The van der Waals surface area contributed by atoms with E-state index < -0.39 is 23.2 Å². The average Bonchev–Trinajstić information content (AvgIpc) is 3.58. The fourth-order valence-electron chi connectivity index (χ4n) is 3.89. The van der Waals surface area contributed by atoms with Crippen molar-refractivity contribution in [3.63, 3.8) is 0 Å². The highest BCUT2D eigenvalue weighted by Gasteiger charge is 2.30. The molecule has 0 aliphatic carbocycles. The number of ether oxygens (including phenoxy) is 2. The van der Waals surface area contributed by atoms with Gasteiger partial charge in [0.1, 0.15) is 17.0 Å². The fourth-order valence-corrected chi connectivity index (χ4v) is 3.89. The van der Waals surface area contributed by atoms with E-state index in [-0.39, 0.29) is 17.9 Å². The lowest BCUT2D eigenvalue weighted by Gasteiger charge is -2.34. The number of anilines is 2. The number of carbonyl (C=O) groups excluding carboxylic acids is 3. The Hall–Kier alpha value is -4.48. The van der Waals surface area contributed by atoms with Crippen LogP contribution in [0.4, 0.5) is 21.3 Å². The molecule has 0 bridgehead atoms. The molecule has 0 saturated carbocycles. The molecule has 214 valence electrons. The van der Waals surface area contributed by atoms with Crippen LogP contribution in [0.3, 0.4) is 0 Å². The highest BCUT2D eigenvalue weighted by Crippen LogP contribution is 2.27. The number of carbonyl (C=O) groups is 3. The zero-order valence-corrected chi connectivity index (χ0v) is 23.6. The van der Waals surface area contributed by atoms with Crippen molar-refractivity contribution in [2.45, 2.75) is 52.7 Å². The average molecular weight is 554 g/mol. The second-order valence-corrected chi connectivity index (χ2v) is 11.2. The fraction of sp³-hybridized carbons (Fsp3) is 0.429. The van der Waals surface area contributed by atoms with Crippen LogP contribution in [-0.4, -0.2) is 65.4 Å². The van der Waals surface area contributed by atoms with Crippen molar-refractivity contribution < 1.29 is 32.7 Å². The number of piperazine rings is 1. The number of furan rings is 1. The maximum absolute atomic E-state index is 13.6. The SMILES string of the molecule is CC(C)(C)OC(=O)NN(C(=O)c1cnc(N2CCN(C(=O)OC(C)(C)C)CC2)o1)c1cccc(-c2ccco2)c1. The molecule has 0 radical (unpaired) electrons. The van der Waals surface area contributed by atoms with Crippen molar-refractivity contribution in [3.05, 3.63) is 54.6 Å². The number of hydrogen-bond acceptors (Lipinski definition) is 9. The summed E-state index contributed by atoms with van der Waals surface area (Å²) in [6, 6.07) is 10.7. The number of hydrogen-bond donors (Lipinski definition) is 1. The van der Waals surface area contributed by atoms with Crippen molar-refractivity contribution in [1.82, 2.24) is 15.3 Å². The van der Waals surface area contributed by atoms with Crippen molar-refractivity contribution in [3.8, 4) is 11.3 Å². The summed E-state index contributed by atoms with van der Waals surface area (Å²) in [5.41, 5.74) is 2.21. The Balaban J connectivity index is 1.51. The van der Waals surface area contributed by atoms with Crippen LogP contribution in [0.2, 0.25) is 0 Å². The molecule has 2 aromatic heterocycles. The maximum atomic E-state index is 13.6. The van der Waals surface area contributed by atoms with Crippen molar-refractivity contribution in [1.29, 1.82) is 0 Å². The summed E-state index contributed by atoms with van der Waals surface area (Å²) in [6.07, 6.45) is 1.66. The molecule has 0 atom stereocenters. The van der Waals surface area contributed by atoms with E-state index in [9.17, 15) is 14.4 Å². The van der Waals surface area contributed by atoms with E-state index in [0.29, 0.717) is 43.2 Å². The summed E-state index contributed by atoms with van der Waals surface area (Å²) in [5, 5.41) is 1.05. The van der Waals surface area contributed by atoms with Gasteiger partial charge >= 0.3 is 18.1 Å². The summed E-state index contributed by atoms with van der Waals surface area (Å²) >= 11 is 0. The van der Waals surface area contributed by atoms with Gasteiger partial charge in [0.15, 0.2) is 0 Å². The first-order chi connectivity index (χ1) is 18.8. The molecule has 12 nitrogen and oxygen atoms in total. The van der Waals surface area contributed by atoms with Gasteiger partial charge in [0.05, 0.1) is 18.1 Å². The number of benzene rings is 1. The molecule has 40 heavy (non-hydrogen) atoms. The van der Waals surface area contributed by atoms with E-state index in [1.807, 2.05) is 31.7 Å². The highest BCUT2D eigenvalue weighted by molar-refractivity contribution is 6.05. The van der Waals surface area contributed by atoms with Gasteiger partial charge in [0.2, 0.25) is 5.76 Å². The van der Waals surface area contributed by atoms with Gasteiger partial charge < -0.3 is 28.1 Å². The zero-order chi connectivity index (χ0) is 29.1. The number of amides is 3. The minimum absolute atomic E-state index is 0.0935. The minimum atomic E-state index is -0.817. The van der Waals surface area contributed by atoms with Gasteiger partial charge in [-0.3, -0.25) is 4.79 Å². The summed E-state index contributed by atoms with van der Waals surface area (Å²) in [4.78, 5) is 46.4. The van der Waals surface area contributed by atoms with E-state index >= 15 is 0 Å². The van der Waals surface area contributed by atoms with Gasteiger partial charge in [-0.05, 0) is 65.8 Å². The van der Waals surface area contributed by atoms with Gasteiger partial charge in [-0.2, -0.15) is 0 Å². The highest BCUT2D eigenvalue weighted by atomic mass is 16.6. The molecule has 4 rings (SSSR count). The summed E-state index contributed by atoms with van der Waals surface area (Å²) < 4.78 is 22.1. The molecule has 1 aliphatic heterocycles. The minimum Gasteiger partial charge on any atom is -0.464 e. The van der Waals surface area contributed by atoms with E-state index in [1.165, 1.54) is 6.20 Å². The number of aromatic nitrogens is 1. The van der Waals surface area contributed by atoms with E-state index in [0.717, 1.165) is 5.01 Å². The predicted molar refractivity (Wildman–Crippen MR) is 147 cm³/mol. The second kappa shape index (κ2) is 11.3. The second-order valence-electron chi connectivity index (χ2n) is 11.2. The molecule has 1 aliphatic rings. The van der Waals surface area contributed by atoms with Crippen LogP contribution >= 0.6 is 0 Å². The first-order valence-electron chi connectivity index (χ1n) is 13.0. The number of oxazole rings is 1. The van der Waals surface area contributed by atoms with Crippen LogP contribution in [-0.2, 0) is 9.47 Å². The Kier molecular flexibility index (Phi) is 8.08. The van der Waals surface area contributed by atoms with Crippen LogP contribution in [0.1, 0.15) is 52.1 Å². The molecule has 1 aromatic carbocycles. The standard InChI is InChI=1S/C28H35N5O7/c1-27(2,3)39-25(35)30-33(20-10-7-9-19(17-20)21-11-8-16-37-21)23(34)22-18-29-24(38-22)31-12-14-32(15-13-31)26(36)40-28(4,5)6/h7-11,16-18H,12-15H2,1-6H3,(H,30,35). The normalized spacial score (nSPS) is 14.1. The van der Waals surface area contributed by atoms with Gasteiger partial charge in [0, 0.05) is 31.7 Å². The number of rotatable bonds is 4. The number of hydrazine groups is 1. The van der Waals surface area contributed by atoms with Gasteiger partial charge in [-0.25, -0.2) is 25.0 Å². The van der Waals surface area contributed by atoms with E-state index in [2.05, 4.69) is 10.4 Å². The third-order valence-electron chi connectivity index (χ3n) is 5.62. The predicted octanol–water partition coefficient (Wildman–Crippen LogP) is 5.08. The molecule has 0 spiro atoms. The van der Waals surface area contributed by atoms with Gasteiger partial charge in [0.25, 0.3) is 6.01 Å². The summed E-state index contributed by atoms with van der Waals surface area (Å²) in [5.74, 6) is -0.156. The largest absolute Gasteiger partial charge is 0.464 e. The van der Waals surface area contributed by atoms with Crippen LogP contribution in [0.25, 0.3) is 11.3 Å². The smallest absolute Gasteiger partial charge is 0.427 e. The first kappa shape index (κ1) is 28.5. The molecule has 3 heterocycles. The van der Waals surface area contributed by atoms with Crippen molar-refractivity contribution >= 4 is 29.8 Å². The Morgan fingerprint density at radius 3 is 2.27 bits per heavy atom. The Morgan fingerprint density at radius 2 is 1.65 bits per heavy atom. The molecular weight excluding hydrogens is 518 g/mol. The summed E-state index contributed by atoms with van der Waals surface area (Å²) in [7, 11) is 0. The molecule has 1 N–H and O–H groups in total.